The van der Waals surface area contributed by atoms with E-state index in [2.05, 4.69) is 10.3 Å². The van der Waals surface area contributed by atoms with Crippen molar-refractivity contribution in [2.45, 2.75) is 13.2 Å². The summed E-state index contributed by atoms with van der Waals surface area (Å²) >= 11 is 5.99. The van der Waals surface area contributed by atoms with E-state index >= 15 is 0 Å². The van der Waals surface area contributed by atoms with E-state index in [9.17, 15) is 14.4 Å². The zero-order valence-electron chi connectivity index (χ0n) is 14.7. The predicted molar refractivity (Wildman–Crippen MR) is 105 cm³/mol. The number of amides is 1. The summed E-state index contributed by atoms with van der Waals surface area (Å²) in [6, 6.07) is 15.9. The number of hydrogen-bond acceptors (Lipinski definition) is 5. The number of halogens is 1. The monoisotopic (exact) mass is 397 g/mol. The molecule has 2 aromatic carbocycles. The van der Waals surface area contributed by atoms with Crippen LogP contribution in [0.4, 0.5) is 10.5 Å². The van der Waals surface area contributed by atoms with Crippen molar-refractivity contribution in [1.29, 1.82) is 0 Å². The number of nitrogens with one attached hydrogen (secondary N) is 1. The Morgan fingerprint density at radius 2 is 1.96 bits per heavy atom. The van der Waals surface area contributed by atoms with Gasteiger partial charge in [-0.15, -0.1) is 0 Å². The number of benzene rings is 2. The number of nitrogens with zero attached hydrogens (tertiary/aromatic N) is 2. The second-order valence-electron chi connectivity index (χ2n) is 5.77. The van der Waals surface area contributed by atoms with Crippen LogP contribution in [0.5, 0.6) is 0 Å². The zero-order chi connectivity index (χ0) is 19.9. The lowest BCUT2D eigenvalue weighted by atomic mass is 10.2. The second-order valence-corrected chi connectivity index (χ2v) is 6.21. The summed E-state index contributed by atoms with van der Waals surface area (Å²) in [6.07, 6.45) is 1.01. The molecule has 0 saturated carbocycles. The van der Waals surface area contributed by atoms with Crippen molar-refractivity contribution in [3.8, 4) is 11.4 Å². The Labute approximate surface area is 165 Å². The van der Waals surface area contributed by atoms with Gasteiger partial charge in [-0.1, -0.05) is 54.1 Å². The molecule has 0 unspecified atom stereocenters. The van der Waals surface area contributed by atoms with Crippen LogP contribution in [0.15, 0.2) is 65.6 Å². The van der Waals surface area contributed by atoms with Crippen LogP contribution < -0.4 is 10.9 Å². The lowest BCUT2D eigenvalue weighted by Crippen LogP contribution is -2.28. The molecule has 7 nitrogen and oxygen atoms in total. The molecule has 0 radical (unpaired) electrons. The average molecular weight is 398 g/mol. The first-order valence-electron chi connectivity index (χ1n) is 8.35. The summed E-state index contributed by atoms with van der Waals surface area (Å²) in [5.41, 5.74) is 0.717. The van der Waals surface area contributed by atoms with Gasteiger partial charge in [0.15, 0.2) is 0 Å². The molecule has 1 amide bonds. The highest BCUT2D eigenvalue weighted by Gasteiger charge is 2.14. The Hall–Kier alpha value is -3.45. The lowest BCUT2D eigenvalue weighted by molar-refractivity contribution is -0.108. The van der Waals surface area contributed by atoms with Crippen LogP contribution in [-0.2, 0) is 22.7 Å². The third kappa shape index (κ3) is 4.63. The number of ether oxygens (including phenoxy) is 1. The van der Waals surface area contributed by atoms with Crippen molar-refractivity contribution in [3.05, 3.63) is 81.7 Å². The van der Waals surface area contributed by atoms with Crippen molar-refractivity contribution >= 4 is 29.7 Å². The highest BCUT2D eigenvalue weighted by molar-refractivity contribution is 6.30. The van der Waals surface area contributed by atoms with E-state index < -0.39 is 11.7 Å². The van der Waals surface area contributed by atoms with Crippen molar-refractivity contribution in [2.75, 3.05) is 5.32 Å². The maximum atomic E-state index is 12.7. The highest BCUT2D eigenvalue weighted by atomic mass is 35.5. The minimum Gasteiger partial charge on any atom is -0.444 e. The molecule has 1 N–H and O–H groups in total. The molecule has 0 bridgehead atoms. The van der Waals surface area contributed by atoms with E-state index in [1.807, 2.05) is 30.3 Å². The van der Waals surface area contributed by atoms with E-state index in [0.717, 1.165) is 10.1 Å². The number of carbonyl (C=O) groups excluding carboxylic acids is 2. The molecule has 3 rings (SSSR count). The van der Waals surface area contributed by atoms with Crippen LogP contribution in [0, 0.1) is 0 Å². The molecule has 0 saturated heterocycles. The molecule has 8 heteroatoms. The van der Waals surface area contributed by atoms with Crippen molar-refractivity contribution in [1.82, 2.24) is 9.55 Å². The molecule has 1 heterocycles. The van der Waals surface area contributed by atoms with Crippen LogP contribution in [0.2, 0.25) is 5.02 Å². The summed E-state index contributed by atoms with van der Waals surface area (Å²) in [5, 5.41) is 2.84. The summed E-state index contributed by atoms with van der Waals surface area (Å²) in [4.78, 5) is 40.0. The smallest absolute Gasteiger partial charge is 0.412 e. The van der Waals surface area contributed by atoms with Gasteiger partial charge >= 0.3 is 6.09 Å². The van der Waals surface area contributed by atoms with Crippen molar-refractivity contribution in [2.24, 2.45) is 0 Å². The molecule has 3 aromatic rings. The van der Waals surface area contributed by atoms with Crippen LogP contribution in [0.25, 0.3) is 11.4 Å². The van der Waals surface area contributed by atoms with Crippen LogP contribution in [0.1, 0.15) is 5.56 Å². The quantitative estimate of drug-likeness (QED) is 0.643. The maximum Gasteiger partial charge on any atom is 0.412 e. The van der Waals surface area contributed by atoms with E-state index in [1.54, 1.807) is 24.3 Å². The molecule has 0 aliphatic rings. The molecule has 142 valence electrons. The third-order valence-electron chi connectivity index (χ3n) is 3.84. The van der Waals surface area contributed by atoms with Crippen LogP contribution in [-0.4, -0.2) is 21.9 Å². The summed E-state index contributed by atoms with van der Waals surface area (Å²) < 4.78 is 6.26. The molecule has 28 heavy (non-hydrogen) atoms. The maximum absolute atomic E-state index is 12.7. The summed E-state index contributed by atoms with van der Waals surface area (Å²) in [7, 11) is 0. The van der Waals surface area contributed by atoms with Gasteiger partial charge in [0.25, 0.3) is 5.56 Å². The average Bonchev–Trinajstić information content (AvgIpc) is 2.70. The Morgan fingerprint density at radius 3 is 2.68 bits per heavy atom. The Balaban J connectivity index is 1.82. The summed E-state index contributed by atoms with van der Waals surface area (Å²) in [5.74, 6) is 0.266. The van der Waals surface area contributed by atoms with Gasteiger partial charge in [-0.2, -0.15) is 0 Å². The number of aldehydes is 1. The molecule has 0 aliphatic carbocycles. The fourth-order valence-electron chi connectivity index (χ4n) is 2.55. The molecule has 0 aliphatic heterocycles. The number of carbonyl (C=O) groups is 2. The predicted octanol–water partition coefficient (Wildman–Crippen LogP) is 3.51. The van der Waals surface area contributed by atoms with Gasteiger partial charge in [-0.3, -0.25) is 14.7 Å². The Morgan fingerprint density at radius 1 is 1.18 bits per heavy atom. The van der Waals surface area contributed by atoms with Gasteiger partial charge in [0.2, 0.25) is 0 Å². The van der Waals surface area contributed by atoms with Crippen molar-refractivity contribution in [3.63, 3.8) is 0 Å². The molecule has 0 atom stereocenters. The minimum atomic E-state index is -0.795. The number of aromatic nitrogens is 2. The molecular weight excluding hydrogens is 382 g/mol. The molecule has 1 aromatic heterocycles. The van der Waals surface area contributed by atoms with Crippen LogP contribution in [0.3, 0.4) is 0 Å². The van der Waals surface area contributed by atoms with Gasteiger partial charge in [-0.05, 0) is 17.7 Å². The van der Waals surface area contributed by atoms with Crippen molar-refractivity contribution < 1.29 is 14.3 Å². The van der Waals surface area contributed by atoms with Crippen LogP contribution >= 0.6 is 11.6 Å². The summed E-state index contributed by atoms with van der Waals surface area (Å²) in [6.45, 7) is -0.161. The van der Waals surface area contributed by atoms with Gasteiger partial charge in [-0.25, -0.2) is 9.78 Å². The zero-order valence-corrected chi connectivity index (χ0v) is 15.4. The minimum absolute atomic E-state index is 0.0588. The molecule has 0 spiro atoms. The first-order valence-corrected chi connectivity index (χ1v) is 8.73. The third-order valence-corrected chi connectivity index (χ3v) is 4.07. The normalized spacial score (nSPS) is 10.3. The number of anilines is 1. The largest absolute Gasteiger partial charge is 0.444 e. The first kappa shape index (κ1) is 19.3. The van der Waals surface area contributed by atoms with Gasteiger partial charge in [0.1, 0.15) is 24.4 Å². The Kier molecular flexibility index (Phi) is 6.18. The molecular formula is C20H16ClN3O4. The topological polar surface area (TPSA) is 90.3 Å². The van der Waals surface area contributed by atoms with E-state index in [-0.39, 0.29) is 24.7 Å². The van der Waals surface area contributed by atoms with E-state index in [0.29, 0.717) is 16.9 Å². The lowest BCUT2D eigenvalue weighted by Gasteiger charge is -2.12. The molecule has 0 fully saturated rings. The Bertz CT molecular complexity index is 1050. The number of hydrogen-bond donors (Lipinski definition) is 1. The van der Waals surface area contributed by atoms with E-state index in [1.165, 1.54) is 6.20 Å². The van der Waals surface area contributed by atoms with Gasteiger partial charge in [0.05, 0.1) is 12.7 Å². The second kappa shape index (κ2) is 8.96. The first-order chi connectivity index (χ1) is 13.6. The number of rotatable bonds is 6. The van der Waals surface area contributed by atoms with Gasteiger partial charge in [0, 0.05) is 10.6 Å². The van der Waals surface area contributed by atoms with Gasteiger partial charge < -0.3 is 9.53 Å². The van der Waals surface area contributed by atoms with E-state index in [4.69, 9.17) is 16.3 Å². The standard InChI is InChI=1S/C20H16ClN3O4/c21-16-8-4-7-15(11-16)18-22-12-17(19(26)24(18)9-10-25)23-20(27)28-13-14-5-2-1-3-6-14/h1-8,10-12H,9,13H2,(H,23,27). The SMILES string of the molecule is O=CCn1c(-c2cccc(Cl)c2)ncc(NC(=O)OCc2ccccc2)c1=O. The fourth-order valence-corrected chi connectivity index (χ4v) is 2.74. The fraction of sp³-hybridized carbons (Fsp3) is 0.100. The highest BCUT2D eigenvalue weighted by Crippen LogP contribution is 2.20.